The summed E-state index contributed by atoms with van der Waals surface area (Å²) in [5, 5.41) is 2.84. The van der Waals surface area contributed by atoms with Gasteiger partial charge in [-0.2, -0.15) is 0 Å². The zero-order valence-electron chi connectivity index (χ0n) is 11.1. The Morgan fingerprint density at radius 1 is 1.15 bits per heavy atom. The monoisotopic (exact) mass is 266 g/mol. The van der Waals surface area contributed by atoms with Crippen LogP contribution in [0.5, 0.6) is 0 Å². The van der Waals surface area contributed by atoms with Gasteiger partial charge < -0.3 is 11.1 Å². The molecule has 1 heterocycles. The van der Waals surface area contributed by atoms with E-state index in [0.29, 0.717) is 12.0 Å². The summed E-state index contributed by atoms with van der Waals surface area (Å²) in [6.07, 6.45) is 0.440. The Morgan fingerprint density at radius 2 is 1.85 bits per heavy atom. The second-order valence-electron chi connectivity index (χ2n) is 4.99. The fourth-order valence-electron chi connectivity index (χ4n) is 2.51. The largest absolute Gasteiger partial charge is 0.366 e. The van der Waals surface area contributed by atoms with E-state index < -0.39 is 5.91 Å². The molecule has 2 amide bonds. The highest BCUT2D eigenvalue weighted by Crippen LogP contribution is 2.30. The summed E-state index contributed by atoms with van der Waals surface area (Å²) in [6.45, 7) is 1.86. The summed E-state index contributed by atoms with van der Waals surface area (Å²) in [5.74, 6) is -0.396. The number of hydrogen-bond donors (Lipinski definition) is 2. The van der Waals surface area contributed by atoms with Crippen LogP contribution in [0, 0.1) is 6.92 Å². The molecule has 3 rings (SSSR count). The molecular weight excluding hydrogens is 252 g/mol. The van der Waals surface area contributed by atoms with E-state index in [1.165, 1.54) is 0 Å². The van der Waals surface area contributed by atoms with Gasteiger partial charge in [-0.3, -0.25) is 9.59 Å². The maximum absolute atomic E-state index is 11.4. The van der Waals surface area contributed by atoms with Crippen LogP contribution in [-0.2, 0) is 11.2 Å². The number of nitrogens with one attached hydrogen (secondary N) is 1. The Morgan fingerprint density at radius 3 is 2.55 bits per heavy atom. The first-order chi connectivity index (χ1) is 9.54. The van der Waals surface area contributed by atoms with Crippen LogP contribution in [0.2, 0.25) is 0 Å². The Labute approximate surface area is 116 Å². The van der Waals surface area contributed by atoms with Crippen LogP contribution in [-0.4, -0.2) is 11.8 Å². The molecule has 1 aliphatic heterocycles. The van der Waals surface area contributed by atoms with Crippen molar-refractivity contribution in [1.29, 1.82) is 0 Å². The Kier molecular flexibility index (Phi) is 2.79. The van der Waals surface area contributed by atoms with Gasteiger partial charge >= 0.3 is 0 Å². The maximum atomic E-state index is 11.4. The number of hydrogen-bond acceptors (Lipinski definition) is 2. The van der Waals surface area contributed by atoms with Crippen molar-refractivity contribution in [2.45, 2.75) is 13.3 Å². The lowest BCUT2D eigenvalue weighted by molar-refractivity contribution is -0.115. The summed E-state index contributed by atoms with van der Waals surface area (Å²) >= 11 is 0. The number of fused-ring (bicyclic) bond motifs is 1. The minimum Gasteiger partial charge on any atom is -0.366 e. The molecule has 0 aliphatic carbocycles. The first kappa shape index (κ1) is 12.4. The summed E-state index contributed by atoms with van der Waals surface area (Å²) < 4.78 is 0. The van der Waals surface area contributed by atoms with Crippen LogP contribution in [0.15, 0.2) is 36.4 Å². The molecule has 100 valence electrons. The van der Waals surface area contributed by atoms with E-state index in [0.717, 1.165) is 27.9 Å². The van der Waals surface area contributed by atoms with Crippen LogP contribution >= 0.6 is 0 Å². The van der Waals surface area contributed by atoms with E-state index in [2.05, 4.69) is 5.32 Å². The highest BCUT2D eigenvalue weighted by molar-refractivity contribution is 6.00. The molecule has 2 aromatic carbocycles. The first-order valence-electron chi connectivity index (χ1n) is 6.38. The van der Waals surface area contributed by atoms with E-state index in [1.54, 1.807) is 6.07 Å². The summed E-state index contributed by atoms with van der Waals surface area (Å²) in [6, 6.07) is 11.4. The van der Waals surface area contributed by atoms with E-state index in [9.17, 15) is 9.59 Å². The number of anilines is 1. The first-order valence-corrected chi connectivity index (χ1v) is 6.38. The van der Waals surface area contributed by atoms with Gasteiger partial charge in [0.05, 0.1) is 6.42 Å². The fraction of sp³-hybridized carbons (Fsp3) is 0.125. The van der Waals surface area contributed by atoms with Gasteiger partial charge in [0.1, 0.15) is 0 Å². The third-order valence-electron chi connectivity index (χ3n) is 3.56. The Bertz CT molecular complexity index is 735. The van der Waals surface area contributed by atoms with Crippen molar-refractivity contribution in [3.63, 3.8) is 0 Å². The second kappa shape index (κ2) is 4.49. The van der Waals surface area contributed by atoms with Gasteiger partial charge in [-0.15, -0.1) is 0 Å². The molecule has 3 N–H and O–H groups in total. The molecule has 4 nitrogen and oxygen atoms in total. The molecule has 20 heavy (non-hydrogen) atoms. The van der Waals surface area contributed by atoms with E-state index in [-0.39, 0.29) is 5.91 Å². The topological polar surface area (TPSA) is 72.2 Å². The zero-order chi connectivity index (χ0) is 14.3. The average Bonchev–Trinajstić information content (AvgIpc) is 2.77. The molecule has 0 fully saturated rings. The predicted molar refractivity (Wildman–Crippen MR) is 77.5 cm³/mol. The fourth-order valence-corrected chi connectivity index (χ4v) is 2.51. The normalized spacial score (nSPS) is 12.9. The second-order valence-corrected chi connectivity index (χ2v) is 4.99. The Hall–Kier alpha value is -2.62. The minimum atomic E-state index is -0.421. The lowest BCUT2D eigenvalue weighted by atomic mass is 9.98. The molecule has 0 saturated carbocycles. The third kappa shape index (κ3) is 2.05. The number of benzene rings is 2. The van der Waals surface area contributed by atoms with Crippen molar-refractivity contribution >= 4 is 17.5 Å². The summed E-state index contributed by atoms with van der Waals surface area (Å²) in [7, 11) is 0. The average molecular weight is 266 g/mol. The molecule has 1 aliphatic rings. The van der Waals surface area contributed by atoms with Gasteiger partial charge in [0.2, 0.25) is 11.8 Å². The van der Waals surface area contributed by atoms with Gasteiger partial charge in [-0.25, -0.2) is 0 Å². The lowest BCUT2D eigenvalue weighted by Gasteiger charge is -2.08. The number of rotatable bonds is 2. The predicted octanol–water partition coefficient (Wildman–Crippen LogP) is 2.26. The van der Waals surface area contributed by atoms with Crippen LogP contribution in [0.4, 0.5) is 5.69 Å². The van der Waals surface area contributed by atoms with Crippen molar-refractivity contribution < 1.29 is 9.59 Å². The van der Waals surface area contributed by atoms with Crippen LogP contribution < -0.4 is 11.1 Å². The number of carbonyl (C=O) groups excluding carboxylic acids is 2. The van der Waals surface area contributed by atoms with Gasteiger partial charge in [0.15, 0.2) is 0 Å². The quantitative estimate of drug-likeness (QED) is 0.875. The highest BCUT2D eigenvalue weighted by atomic mass is 16.2. The molecule has 4 heteroatoms. The molecule has 0 aromatic heterocycles. The number of carbonyl (C=O) groups is 2. The van der Waals surface area contributed by atoms with Crippen LogP contribution in [0.1, 0.15) is 21.5 Å². The zero-order valence-corrected chi connectivity index (χ0v) is 11.1. The standard InChI is InChI=1S/C16H14N2O2/c1-9-6-10(4-5-13(9)16(17)20)11-2-3-12-8-15(19)18-14(12)7-11/h2-7H,8H2,1H3,(H2,17,20)(H,18,19). The molecular formula is C16H14N2O2. The Balaban J connectivity index is 2.02. The van der Waals surface area contributed by atoms with Crippen molar-refractivity contribution in [2.24, 2.45) is 5.73 Å². The van der Waals surface area contributed by atoms with E-state index >= 15 is 0 Å². The lowest BCUT2D eigenvalue weighted by Crippen LogP contribution is -2.12. The van der Waals surface area contributed by atoms with Crippen molar-refractivity contribution in [2.75, 3.05) is 5.32 Å². The van der Waals surface area contributed by atoms with Crippen LogP contribution in [0.25, 0.3) is 11.1 Å². The SMILES string of the molecule is Cc1cc(-c2ccc3c(c2)NC(=O)C3)ccc1C(N)=O. The highest BCUT2D eigenvalue weighted by Gasteiger charge is 2.17. The van der Waals surface area contributed by atoms with Gasteiger partial charge in [-0.05, 0) is 41.3 Å². The number of aryl methyl sites for hydroxylation is 1. The van der Waals surface area contributed by atoms with Gasteiger partial charge in [-0.1, -0.05) is 24.3 Å². The minimum absolute atomic E-state index is 0.0254. The smallest absolute Gasteiger partial charge is 0.248 e. The molecule has 0 atom stereocenters. The number of nitrogens with two attached hydrogens (primary N) is 1. The van der Waals surface area contributed by atoms with Crippen LogP contribution in [0.3, 0.4) is 0 Å². The van der Waals surface area contributed by atoms with Crippen molar-refractivity contribution in [3.05, 3.63) is 53.1 Å². The number of amides is 2. The maximum Gasteiger partial charge on any atom is 0.248 e. The van der Waals surface area contributed by atoms with Crippen molar-refractivity contribution in [1.82, 2.24) is 0 Å². The summed E-state index contributed by atoms with van der Waals surface area (Å²) in [5.41, 5.74) is 10.6. The van der Waals surface area contributed by atoms with Gasteiger partial charge in [0.25, 0.3) is 0 Å². The van der Waals surface area contributed by atoms with Gasteiger partial charge in [0, 0.05) is 11.3 Å². The third-order valence-corrected chi connectivity index (χ3v) is 3.56. The molecule has 2 aromatic rings. The number of primary amides is 1. The van der Waals surface area contributed by atoms with Crippen molar-refractivity contribution in [3.8, 4) is 11.1 Å². The molecule has 0 radical (unpaired) electrons. The molecule has 0 spiro atoms. The van der Waals surface area contributed by atoms with E-state index in [1.807, 2.05) is 37.3 Å². The molecule has 0 bridgehead atoms. The molecule has 0 unspecified atom stereocenters. The van der Waals surface area contributed by atoms with E-state index in [4.69, 9.17) is 5.73 Å². The molecule has 0 saturated heterocycles. The summed E-state index contributed by atoms with van der Waals surface area (Å²) in [4.78, 5) is 22.6.